The van der Waals surface area contributed by atoms with Crippen LogP contribution in [0.5, 0.6) is 0 Å². The fourth-order valence-electron chi connectivity index (χ4n) is 1.64. The van der Waals surface area contributed by atoms with Gasteiger partial charge in [0, 0.05) is 12.2 Å². The fourth-order valence-corrected chi connectivity index (χ4v) is 1.64. The van der Waals surface area contributed by atoms with Crippen molar-refractivity contribution in [2.75, 3.05) is 0 Å². The fraction of sp³-hybridized carbons (Fsp3) is 0.727. The number of aromatic amines is 1. The van der Waals surface area contributed by atoms with E-state index in [9.17, 15) is 4.79 Å². The number of rotatable bonds is 2. The Labute approximate surface area is 90.5 Å². The lowest BCUT2D eigenvalue weighted by Gasteiger charge is -2.19. The molecular formula is C11H21N3O. The topological polar surface area (TPSA) is 63.8 Å². The molecule has 4 heteroatoms. The summed E-state index contributed by atoms with van der Waals surface area (Å²) in [4.78, 5) is 12.0. The Bertz CT molecular complexity index is 393. The van der Waals surface area contributed by atoms with Crippen molar-refractivity contribution in [3.8, 4) is 0 Å². The number of hydrogen-bond acceptors (Lipinski definition) is 2. The van der Waals surface area contributed by atoms with E-state index < -0.39 is 0 Å². The number of hydrogen-bond donors (Lipinski definition) is 2. The second-order valence-electron chi connectivity index (χ2n) is 5.17. The molecule has 0 unspecified atom stereocenters. The first kappa shape index (κ1) is 12.0. The van der Waals surface area contributed by atoms with Crippen molar-refractivity contribution in [3.05, 3.63) is 21.6 Å². The molecule has 0 amide bonds. The zero-order chi connectivity index (χ0) is 11.8. The van der Waals surface area contributed by atoms with Gasteiger partial charge in [0.15, 0.2) is 0 Å². The van der Waals surface area contributed by atoms with E-state index in [0.717, 1.165) is 5.69 Å². The van der Waals surface area contributed by atoms with E-state index in [2.05, 4.69) is 18.9 Å². The van der Waals surface area contributed by atoms with Gasteiger partial charge in [0.1, 0.15) is 0 Å². The van der Waals surface area contributed by atoms with Gasteiger partial charge >= 0.3 is 0 Å². The lowest BCUT2D eigenvalue weighted by molar-refractivity contribution is 0.342. The highest BCUT2D eigenvalue weighted by Gasteiger charge is 2.22. The Balaban J connectivity index is 3.41. The van der Waals surface area contributed by atoms with Crippen molar-refractivity contribution >= 4 is 0 Å². The SMILES string of the molecule is CC(C)c1[nH]n(C(C)(C)C)c(=O)c1CN. The summed E-state index contributed by atoms with van der Waals surface area (Å²) in [7, 11) is 0. The lowest BCUT2D eigenvalue weighted by Crippen LogP contribution is -2.33. The predicted molar refractivity (Wildman–Crippen MR) is 62.0 cm³/mol. The zero-order valence-electron chi connectivity index (χ0n) is 10.2. The molecule has 0 aliphatic rings. The minimum absolute atomic E-state index is 0.00806. The molecule has 0 spiro atoms. The first-order chi connectivity index (χ1) is 6.79. The monoisotopic (exact) mass is 211 g/mol. The molecular weight excluding hydrogens is 190 g/mol. The van der Waals surface area contributed by atoms with E-state index in [-0.39, 0.29) is 11.1 Å². The van der Waals surface area contributed by atoms with Crippen LogP contribution in [0.15, 0.2) is 4.79 Å². The summed E-state index contributed by atoms with van der Waals surface area (Å²) in [5, 5.41) is 3.16. The Hall–Kier alpha value is -1.03. The van der Waals surface area contributed by atoms with Gasteiger partial charge in [-0.15, -0.1) is 0 Å². The van der Waals surface area contributed by atoms with Crippen LogP contribution in [0.4, 0.5) is 0 Å². The van der Waals surface area contributed by atoms with Gasteiger partial charge in [-0.2, -0.15) is 0 Å². The quantitative estimate of drug-likeness (QED) is 0.779. The van der Waals surface area contributed by atoms with E-state index in [1.165, 1.54) is 0 Å². The van der Waals surface area contributed by atoms with Crippen LogP contribution in [0.2, 0.25) is 0 Å². The highest BCUT2D eigenvalue weighted by molar-refractivity contribution is 5.20. The van der Waals surface area contributed by atoms with Gasteiger partial charge in [0.25, 0.3) is 5.56 Å². The summed E-state index contributed by atoms with van der Waals surface area (Å²) in [5.74, 6) is 0.292. The maximum atomic E-state index is 12.0. The van der Waals surface area contributed by atoms with Gasteiger partial charge in [-0.05, 0) is 26.7 Å². The van der Waals surface area contributed by atoms with E-state index in [1.807, 2.05) is 20.8 Å². The highest BCUT2D eigenvalue weighted by atomic mass is 16.1. The van der Waals surface area contributed by atoms with Crippen LogP contribution in [0, 0.1) is 0 Å². The molecule has 1 heterocycles. The average Bonchev–Trinajstić information content (AvgIpc) is 2.41. The number of H-pyrrole nitrogens is 1. The van der Waals surface area contributed by atoms with Crippen LogP contribution in [0.25, 0.3) is 0 Å². The van der Waals surface area contributed by atoms with Crippen LogP contribution in [-0.2, 0) is 12.1 Å². The van der Waals surface area contributed by atoms with Gasteiger partial charge in [-0.3, -0.25) is 9.89 Å². The van der Waals surface area contributed by atoms with Crippen molar-refractivity contribution in [2.24, 2.45) is 5.73 Å². The van der Waals surface area contributed by atoms with Crippen molar-refractivity contribution in [2.45, 2.75) is 52.6 Å². The van der Waals surface area contributed by atoms with E-state index >= 15 is 0 Å². The van der Waals surface area contributed by atoms with Crippen LogP contribution >= 0.6 is 0 Å². The van der Waals surface area contributed by atoms with Crippen molar-refractivity contribution in [1.82, 2.24) is 9.78 Å². The molecule has 0 atom stereocenters. The van der Waals surface area contributed by atoms with Crippen LogP contribution in [0.1, 0.15) is 51.8 Å². The zero-order valence-corrected chi connectivity index (χ0v) is 10.2. The molecule has 0 saturated carbocycles. The summed E-state index contributed by atoms with van der Waals surface area (Å²) >= 11 is 0. The molecule has 0 aliphatic heterocycles. The molecule has 86 valence electrons. The molecule has 0 radical (unpaired) electrons. The molecule has 3 N–H and O–H groups in total. The Morgan fingerprint density at radius 2 is 1.93 bits per heavy atom. The third-order valence-corrected chi connectivity index (χ3v) is 2.47. The van der Waals surface area contributed by atoms with Gasteiger partial charge in [0.2, 0.25) is 0 Å². The molecule has 0 saturated heterocycles. The third kappa shape index (κ3) is 2.15. The first-order valence-electron chi connectivity index (χ1n) is 5.33. The van der Waals surface area contributed by atoms with Gasteiger partial charge in [-0.25, -0.2) is 4.68 Å². The molecule has 1 aromatic rings. The van der Waals surface area contributed by atoms with E-state index in [1.54, 1.807) is 4.68 Å². The molecule has 0 bridgehead atoms. The Morgan fingerprint density at radius 3 is 2.20 bits per heavy atom. The Morgan fingerprint density at radius 1 is 1.40 bits per heavy atom. The van der Waals surface area contributed by atoms with Gasteiger partial charge in [0.05, 0.1) is 11.1 Å². The van der Waals surface area contributed by atoms with Crippen molar-refractivity contribution in [3.63, 3.8) is 0 Å². The third-order valence-electron chi connectivity index (χ3n) is 2.47. The summed E-state index contributed by atoms with van der Waals surface area (Å²) in [6.45, 7) is 10.4. The van der Waals surface area contributed by atoms with Crippen molar-refractivity contribution in [1.29, 1.82) is 0 Å². The number of nitrogens with one attached hydrogen (secondary N) is 1. The summed E-state index contributed by atoms with van der Waals surface area (Å²) < 4.78 is 1.66. The van der Waals surface area contributed by atoms with Gasteiger partial charge < -0.3 is 5.73 Å². The highest BCUT2D eigenvalue weighted by Crippen LogP contribution is 2.17. The predicted octanol–water partition coefficient (Wildman–Crippen LogP) is 1.51. The van der Waals surface area contributed by atoms with E-state index in [0.29, 0.717) is 18.0 Å². The molecule has 1 rings (SSSR count). The minimum Gasteiger partial charge on any atom is -0.326 e. The molecule has 0 aliphatic carbocycles. The smallest absolute Gasteiger partial charge is 0.271 e. The first-order valence-corrected chi connectivity index (χ1v) is 5.33. The summed E-state index contributed by atoms with van der Waals surface area (Å²) in [5.41, 5.74) is 7.06. The molecule has 0 aromatic carbocycles. The van der Waals surface area contributed by atoms with E-state index in [4.69, 9.17) is 5.73 Å². The molecule has 15 heavy (non-hydrogen) atoms. The van der Waals surface area contributed by atoms with Gasteiger partial charge in [-0.1, -0.05) is 13.8 Å². The van der Waals surface area contributed by atoms with Crippen molar-refractivity contribution < 1.29 is 0 Å². The second-order valence-corrected chi connectivity index (χ2v) is 5.17. The summed E-state index contributed by atoms with van der Waals surface area (Å²) in [6, 6.07) is 0. The number of aromatic nitrogens is 2. The van der Waals surface area contributed by atoms with Crippen LogP contribution < -0.4 is 11.3 Å². The number of nitrogens with two attached hydrogens (primary N) is 1. The molecule has 0 fully saturated rings. The summed E-state index contributed by atoms with van der Waals surface area (Å²) in [6.07, 6.45) is 0. The Kier molecular flexibility index (Phi) is 3.09. The molecule has 1 aromatic heterocycles. The maximum absolute atomic E-state index is 12.0. The minimum atomic E-state index is -0.228. The van der Waals surface area contributed by atoms with Crippen LogP contribution in [-0.4, -0.2) is 9.78 Å². The average molecular weight is 211 g/mol. The maximum Gasteiger partial charge on any atom is 0.271 e. The lowest BCUT2D eigenvalue weighted by atomic mass is 10.1. The second kappa shape index (κ2) is 3.85. The van der Waals surface area contributed by atoms with Crippen LogP contribution in [0.3, 0.4) is 0 Å². The normalized spacial score (nSPS) is 12.5. The molecule has 4 nitrogen and oxygen atoms in total. The number of nitrogens with zero attached hydrogens (tertiary/aromatic N) is 1. The standard InChI is InChI=1S/C11H21N3O/c1-7(2)9-8(6-12)10(15)14(13-9)11(3,4)5/h7,13H,6,12H2,1-5H3. The largest absolute Gasteiger partial charge is 0.326 e.